The minimum Gasteiger partial charge on any atom is -0.444 e. The van der Waals surface area contributed by atoms with Crippen molar-refractivity contribution in [1.82, 2.24) is 15.2 Å². The molecule has 0 radical (unpaired) electrons. The van der Waals surface area contributed by atoms with Crippen LogP contribution in [-0.2, 0) is 9.47 Å². The SMILES string of the molecule is COC[C@@H]1CN(C(=O)OC(C)(C)C)C[C@H](c2cc(Cl)nc(Br)c2)N1. The fourth-order valence-corrected chi connectivity index (χ4v) is 3.39. The van der Waals surface area contributed by atoms with Gasteiger partial charge in [-0.2, -0.15) is 0 Å². The molecule has 134 valence electrons. The number of pyridine rings is 1. The predicted octanol–water partition coefficient (Wildman–Crippen LogP) is 3.39. The van der Waals surface area contributed by atoms with E-state index in [1.165, 1.54) is 0 Å². The highest BCUT2D eigenvalue weighted by molar-refractivity contribution is 9.10. The summed E-state index contributed by atoms with van der Waals surface area (Å²) in [4.78, 5) is 18.3. The van der Waals surface area contributed by atoms with Gasteiger partial charge < -0.3 is 19.7 Å². The van der Waals surface area contributed by atoms with Crippen LogP contribution in [0.4, 0.5) is 4.79 Å². The van der Waals surface area contributed by atoms with E-state index in [9.17, 15) is 4.79 Å². The van der Waals surface area contributed by atoms with Crippen LogP contribution in [0.1, 0.15) is 32.4 Å². The van der Waals surface area contributed by atoms with E-state index in [0.717, 1.165) is 5.56 Å². The lowest BCUT2D eigenvalue weighted by Gasteiger charge is -2.39. The second-order valence-electron chi connectivity index (χ2n) is 6.80. The summed E-state index contributed by atoms with van der Waals surface area (Å²) in [5.74, 6) is 0. The zero-order valence-electron chi connectivity index (χ0n) is 14.3. The number of hydrogen-bond donors (Lipinski definition) is 1. The lowest BCUT2D eigenvalue weighted by atomic mass is 10.0. The molecule has 1 amide bonds. The highest BCUT2D eigenvalue weighted by atomic mass is 79.9. The molecule has 0 unspecified atom stereocenters. The van der Waals surface area contributed by atoms with Crippen molar-refractivity contribution in [2.45, 2.75) is 38.5 Å². The Morgan fingerprint density at radius 2 is 2.17 bits per heavy atom. The standard InChI is InChI=1S/C16H23BrClN3O3/c1-16(2,3)24-15(22)21-7-11(9-23-4)19-12(8-21)10-5-13(17)20-14(18)6-10/h5-6,11-12,19H,7-9H2,1-4H3/t11-,12+/m0/s1. The van der Waals surface area contributed by atoms with Gasteiger partial charge in [0.25, 0.3) is 0 Å². The third-order valence-corrected chi connectivity index (χ3v) is 4.09. The van der Waals surface area contributed by atoms with Crippen LogP contribution >= 0.6 is 27.5 Å². The van der Waals surface area contributed by atoms with Gasteiger partial charge in [0.1, 0.15) is 15.4 Å². The quantitative estimate of drug-likeness (QED) is 0.759. The van der Waals surface area contributed by atoms with Crippen molar-refractivity contribution in [3.05, 3.63) is 27.5 Å². The average molecular weight is 421 g/mol. The molecular weight excluding hydrogens is 398 g/mol. The molecule has 1 N–H and O–H groups in total. The maximum absolute atomic E-state index is 12.5. The fourth-order valence-electron chi connectivity index (χ4n) is 2.61. The van der Waals surface area contributed by atoms with Gasteiger partial charge >= 0.3 is 6.09 Å². The first-order valence-corrected chi connectivity index (χ1v) is 8.91. The Morgan fingerprint density at radius 3 is 2.75 bits per heavy atom. The first-order chi connectivity index (χ1) is 11.2. The molecule has 6 nitrogen and oxygen atoms in total. The molecule has 2 heterocycles. The fraction of sp³-hybridized carbons (Fsp3) is 0.625. The first-order valence-electron chi connectivity index (χ1n) is 7.74. The molecule has 1 aliphatic rings. The van der Waals surface area contributed by atoms with E-state index in [0.29, 0.717) is 29.5 Å². The second-order valence-corrected chi connectivity index (χ2v) is 8.00. The van der Waals surface area contributed by atoms with Crippen LogP contribution in [0.3, 0.4) is 0 Å². The summed E-state index contributed by atoms with van der Waals surface area (Å²) < 4.78 is 11.4. The molecule has 1 fully saturated rings. The monoisotopic (exact) mass is 419 g/mol. The number of amides is 1. The van der Waals surface area contributed by atoms with Crippen LogP contribution < -0.4 is 5.32 Å². The van der Waals surface area contributed by atoms with Gasteiger partial charge in [0.2, 0.25) is 0 Å². The Hall–Kier alpha value is -0.890. The molecule has 24 heavy (non-hydrogen) atoms. The lowest BCUT2D eigenvalue weighted by molar-refractivity contribution is 0.0105. The number of hydrogen-bond acceptors (Lipinski definition) is 5. The minimum absolute atomic E-state index is 0.00647. The molecule has 8 heteroatoms. The van der Waals surface area contributed by atoms with Gasteiger partial charge in [-0.15, -0.1) is 0 Å². The lowest BCUT2D eigenvalue weighted by Crippen LogP contribution is -2.56. The number of nitrogens with zero attached hydrogens (tertiary/aromatic N) is 2. The molecular formula is C16H23BrClN3O3. The molecule has 0 aromatic carbocycles. The summed E-state index contributed by atoms with van der Waals surface area (Å²) in [6, 6.07) is 3.62. The van der Waals surface area contributed by atoms with E-state index < -0.39 is 5.60 Å². The Balaban J connectivity index is 2.20. The maximum atomic E-state index is 12.5. The predicted molar refractivity (Wildman–Crippen MR) is 96.3 cm³/mol. The number of carbonyl (C=O) groups excluding carboxylic acids is 1. The van der Waals surface area contributed by atoms with Gasteiger partial charge in [-0.1, -0.05) is 11.6 Å². The van der Waals surface area contributed by atoms with Crippen LogP contribution in [0, 0.1) is 0 Å². The molecule has 1 saturated heterocycles. The zero-order chi connectivity index (χ0) is 17.9. The number of nitrogens with one attached hydrogen (secondary N) is 1. The number of methoxy groups -OCH3 is 1. The Labute approximate surface area is 156 Å². The molecule has 2 atom stereocenters. The van der Waals surface area contributed by atoms with Crippen LogP contribution in [-0.4, -0.2) is 54.4 Å². The highest BCUT2D eigenvalue weighted by Gasteiger charge is 2.33. The van der Waals surface area contributed by atoms with Crippen molar-refractivity contribution >= 4 is 33.6 Å². The molecule has 0 bridgehead atoms. The first kappa shape index (κ1) is 19.4. The van der Waals surface area contributed by atoms with Crippen LogP contribution in [0.2, 0.25) is 5.15 Å². The van der Waals surface area contributed by atoms with Crippen molar-refractivity contribution in [2.24, 2.45) is 0 Å². The highest BCUT2D eigenvalue weighted by Crippen LogP contribution is 2.25. The number of halogens is 2. The van der Waals surface area contributed by atoms with E-state index in [2.05, 4.69) is 26.2 Å². The Bertz CT molecular complexity index is 574. The van der Waals surface area contributed by atoms with Crippen molar-refractivity contribution in [3.8, 4) is 0 Å². The van der Waals surface area contributed by atoms with Crippen molar-refractivity contribution in [3.63, 3.8) is 0 Å². The number of piperazine rings is 1. The summed E-state index contributed by atoms with van der Waals surface area (Å²) in [6.45, 7) is 7.09. The van der Waals surface area contributed by atoms with Crippen molar-refractivity contribution in [2.75, 3.05) is 26.8 Å². The smallest absolute Gasteiger partial charge is 0.410 e. The van der Waals surface area contributed by atoms with Crippen LogP contribution in [0.15, 0.2) is 16.7 Å². The Kier molecular flexibility index (Phi) is 6.47. The van der Waals surface area contributed by atoms with Gasteiger partial charge in [0.15, 0.2) is 0 Å². The van der Waals surface area contributed by atoms with Gasteiger partial charge in [-0.25, -0.2) is 9.78 Å². The van der Waals surface area contributed by atoms with E-state index in [1.54, 1.807) is 18.1 Å². The van der Waals surface area contributed by atoms with E-state index in [1.807, 2.05) is 26.8 Å². The van der Waals surface area contributed by atoms with E-state index in [4.69, 9.17) is 21.1 Å². The van der Waals surface area contributed by atoms with Gasteiger partial charge in [0.05, 0.1) is 12.6 Å². The molecule has 0 aliphatic carbocycles. The summed E-state index contributed by atoms with van der Waals surface area (Å²) in [6.07, 6.45) is -0.325. The zero-order valence-corrected chi connectivity index (χ0v) is 16.6. The molecule has 1 aromatic heterocycles. The van der Waals surface area contributed by atoms with Gasteiger partial charge in [-0.3, -0.25) is 0 Å². The van der Waals surface area contributed by atoms with E-state index in [-0.39, 0.29) is 18.2 Å². The average Bonchev–Trinajstić information content (AvgIpc) is 2.44. The molecule has 0 spiro atoms. The normalized spacial score (nSPS) is 21.7. The topological polar surface area (TPSA) is 63.7 Å². The van der Waals surface area contributed by atoms with Gasteiger partial charge in [0, 0.05) is 26.2 Å². The third-order valence-electron chi connectivity index (χ3n) is 3.49. The van der Waals surface area contributed by atoms with Crippen molar-refractivity contribution in [1.29, 1.82) is 0 Å². The summed E-state index contributed by atoms with van der Waals surface area (Å²) in [7, 11) is 1.64. The van der Waals surface area contributed by atoms with Crippen LogP contribution in [0.5, 0.6) is 0 Å². The molecule has 0 saturated carbocycles. The molecule has 1 aliphatic heterocycles. The maximum Gasteiger partial charge on any atom is 0.410 e. The molecule has 1 aromatic rings. The Morgan fingerprint density at radius 1 is 1.46 bits per heavy atom. The number of aromatic nitrogens is 1. The van der Waals surface area contributed by atoms with Gasteiger partial charge in [-0.05, 0) is 54.4 Å². The van der Waals surface area contributed by atoms with Crippen molar-refractivity contribution < 1.29 is 14.3 Å². The second kappa shape index (κ2) is 7.99. The summed E-state index contributed by atoms with van der Waals surface area (Å²) >= 11 is 9.41. The largest absolute Gasteiger partial charge is 0.444 e. The van der Waals surface area contributed by atoms with Crippen LogP contribution in [0.25, 0.3) is 0 Å². The molecule has 2 rings (SSSR count). The minimum atomic E-state index is -0.531. The number of carbonyl (C=O) groups is 1. The third kappa shape index (κ3) is 5.58. The number of ether oxygens (including phenoxy) is 2. The summed E-state index contributed by atoms with van der Waals surface area (Å²) in [5, 5.41) is 3.89. The number of rotatable bonds is 3. The van der Waals surface area contributed by atoms with E-state index >= 15 is 0 Å². The summed E-state index contributed by atoms with van der Waals surface area (Å²) in [5.41, 5.74) is 0.424.